The van der Waals surface area contributed by atoms with Gasteiger partial charge in [-0.3, -0.25) is 0 Å². The number of benzene rings is 1. The number of nitrogens with one attached hydrogen (secondary N) is 1. The molecule has 0 saturated heterocycles. The van der Waals surface area contributed by atoms with Crippen LogP contribution in [-0.4, -0.2) is 9.55 Å². The third-order valence-electron chi connectivity index (χ3n) is 2.54. The van der Waals surface area contributed by atoms with E-state index in [2.05, 4.69) is 21.8 Å². The van der Waals surface area contributed by atoms with E-state index in [1.807, 2.05) is 6.20 Å². The van der Waals surface area contributed by atoms with Crippen LogP contribution >= 0.6 is 0 Å². The molecule has 0 aliphatic heterocycles. The average Bonchev–Trinajstić information content (AvgIpc) is 2.77. The first-order chi connectivity index (χ1) is 8.29. The Labute approximate surface area is 100 Å². The van der Waals surface area contributed by atoms with Gasteiger partial charge in [0.1, 0.15) is 5.82 Å². The molecule has 0 spiro atoms. The van der Waals surface area contributed by atoms with Gasteiger partial charge >= 0.3 is 0 Å². The summed E-state index contributed by atoms with van der Waals surface area (Å²) in [6.45, 7) is 3.73. The van der Waals surface area contributed by atoms with Gasteiger partial charge in [0.15, 0.2) is 0 Å². The third-order valence-corrected chi connectivity index (χ3v) is 2.54. The molecular weight excluding hydrogens is 217 g/mol. The molecule has 0 fully saturated rings. The van der Waals surface area contributed by atoms with E-state index in [0.717, 1.165) is 24.5 Å². The summed E-state index contributed by atoms with van der Waals surface area (Å²) in [6, 6.07) is 6.48. The second-order valence-corrected chi connectivity index (χ2v) is 3.92. The minimum atomic E-state index is -0.207. The van der Waals surface area contributed by atoms with Gasteiger partial charge in [-0.05, 0) is 24.1 Å². The maximum absolute atomic E-state index is 12.7. The number of anilines is 1. The van der Waals surface area contributed by atoms with Crippen LogP contribution in [0.25, 0.3) is 0 Å². The quantitative estimate of drug-likeness (QED) is 0.860. The van der Waals surface area contributed by atoms with Crippen molar-refractivity contribution in [2.75, 3.05) is 5.32 Å². The molecule has 0 radical (unpaired) electrons. The Bertz CT molecular complexity index is 462. The Kier molecular flexibility index (Phi) is 3.75. The van der Waals surface area contributed by atoms with Gasteiger partial charge in [0.25, 0.3) is 0 Å². The molecule has 0 aliphatic carbocycles. The molecule has 0 aliphatic rings. The first kappa shape index (κ1) is 11.6. The number of nitrogens with zero attached hydrogens (tertiary/aromatic N) is 2. The highest BCUT2D eigenvalue weighted by molar-refractivity contribution is 5.29. The lowest BCUT2D eigenvalue weighted by molar-refractivity contribution is 0.627. The van der Waals surface area contributed by atoms with Crippen LogP contribution in [0.4, 0.5) is 10.3 Å². The molecule has 0 unspecified atom stereocenters. The smallest absolute Gasteiger partial charge is 0.203 e. The Balaban J connectivity index is 1.97. The van der Waals surface area contributed by atoms with E-state index < -0.39 is 0 Å². The lowest BCUT2D eigenvalue weighted by Crippen LogP contribution is -2.07. The Morgan fingerprint density at radius 2 is 2.06 bits per heavy atom. The Morgan fingerprint density at radius 1 is 1.29 bits per heavy atom. The molecule has 1 heterocycles. The minimum absolute atomic E-state index is 0.207. The zero-order chi connectivity index (χ0) is 12.1. The molecule has 2 aromatic rings. The summed E-state index contributed by atoms with van der Waals surface area (Å²) >= 11 is 0. The van der Waals surface area contributed by atoms with Gasteiger partial charge in [-0.15, -0.1) is 0 Å². The number of aryl methyl sites for hydroxylation is 1. The van der Waals surface area contributed by atoms with Crippen LogP contribution in [0.3, 0.4) is 0 Å². The normalized spacial score (nSPS) is 10.5. The summed E-state index contributed by atoms with van der Waals surface area (Å²) in [5.74, 6) is 0.650. The van der Waals surface area contributed by atoms with Gasteiger partial charge < -0.3 is 9.88 Å². The molecule has 0 saturated carbocycles. The molecule has 3 nitrogen and oxygen atoms in total. The number of halogens is 1. The summed E-state index contributed by atoms with van der Waals surface area (Å²) in [6.07, 6.45) is 4.81. The molecule has 0 atom stereocenters. The average molecular weight is 233 g/mol. The first-order valence-electron chi connectivity index (χ1n) is 5.79. The van der Waals surface area contributed by atoms with Crippen molar-refractivity contribution in [3.8, 4) is 0 Å². The van der Waals surface area contributed by atoms with Gasteiger partial charge in [0, 0.05) is 25.5 Å². The van der Waals surface area contributed by atoms with E-state index >= 15 is 0 Å². The molecule has 90 valence electrons. The second-order valence-electron chi connectivity index (χ2n) is 3.92. The van der Waals surface area contributed by atoms with Crippen molar-refractivity contribution in [3.63, 3.8) is 0 Å². The number of aromatic nitrogens is 2. The maximum atomic E-state index is 12.7. The van der Waals surface area contributed by atoms with Crippen molar-refractivity contribution < 1.29 is 4.39 Å². The highest BCUT2D eigenvalue weighted by Gasteiger charge is 2.01. The van der Waals surface area contributed by atoms with Crippen LogP contribution in [0.5, 0.6) is 0 Å². The monoisotopic (exact) mass is 233 g/mol. The fourth-order valence-electron chi connectivity index (χ4n) is 1.68. The van der Waals surface area contributed by atoms with Gasteiger partial charge in [-0.1, -0.05) is 19.1 Å². The fraction of sp³-hybridized carbons (Fsp3) is 0.308. The molecule has 0 amide bonds. The number of hydrogen-bond donors (Lipinski definition) is 1. The number of rotatable bonds is 5. The molecule has 4 heteroatoms. The van der Waals surface area contributed by atoms with Gasteiger partial charge in [0.2, 0.25) is 5.95 Å². The van der Waals surface area contributed by atoms with Gasteiger partial charge in [-0.2, -0.15) is 0 Å². The van der Waals surface area contributed by atoms with E-state index in [1.165, 1.54) is 12.1 Å². The molecular formula is C13H16FN3. The predicted octanol–water partition coefficient (Wildman–Crippen LogP) is 3.04. The zero-order valence-corrected chi connectivity index (χ0v) is 9.86. The lowest BCUT2D eigenvalue weighted by atomic mass is 10.2. The van der Waals surface area contributed by atoms with Gasteiger partial charge in [-0.25, -0.2) is 9.37 Å². The molecule has 17 heavy (non-hydrogen) atoms. The van der Waals surface area contributed by atoms with Gasteiger partial charge in [0.05, 0.1) is 0 Å². The van der Waals surface area contributed by atoms with E-state index in [4.69, 9.17) is 0 Å². The largest absolute Gasteiger partial charge is 0.352 e. The predicted molar refractivity (Wildman–Crippen MR) is 66.2 cm³/mol. The van der Waals surface area contributed by atoms with Crippen LogP contribution in [0.15, 0.2) is 36.7 Å². The van der Waals surface area contributed by atoms with Crippen LogP contribution < -0.4 is 5.32 Å². The van der Waals surface area contributed by atoms with Crippen LogP contribution in [0.1, 0.15) is 18.9 Å². The van der Waals surface area contributed by atoms with Crippen molar-refractivity contribution in [3.05, 3.63) is 48.0 Å². The third kappa shape index (κ3) is 3.06. The summed E-state index contributed by atoms with van der Waals surface area (Å²) in [5.41, 5.74) is 1.04. The maximum Gasteiger partial charge on any atom is 0.203 e. The lowest BCUT2D eigenvalue weighted by Gasteiger charge is -2.08. The Hall–Kier alpha value is -1.84. The van der Waals surface area contributed by atoms with Crippen LogP contribution in [0.2, 0.25) is 0 Å². The minimum Gasteiger partial charge on any atom is -0.352 e. The fourth-order valence-corrected chi connectivity index (χ4v) is 1.68. The standard InChI is InChI=1S/C13H16FN3/c1-2-8-17-9-7-15-13(17)16-10-11-3-5-12(14)6-4-11/h3-7,9H,2,8,10H2,1H3,(H,15,16). The molecule has 2 rings (SSSR count). The van der Waals surface area contributed by atoms with Crippen LogP contribution in [0, 0.1) is 5.82 Å². The van der Waals surface area contributed by atoms with E-state index in [0.29, 0.717) is 6.54 Å². The van der Waals surface area contributed by atoms with Crippen molar-refractivity contribution in [1.29, 1.82) is 0 Å². The highest BCUT2D eigenvalue weighted by atomic mass is 19.1. The van der Waals surface area contributed by atoms with E-state index in [-0.39, 0.29) is 5.82 Å². The second kappa shape index (κ2) is 5.48. The van der Waals surface area contributed by atoms with E-state index in [9.17, 15) is 4.39 Å². The SMILES string of the molecule is CCCn1ccnc1NCc1ccc(F)cc1. The zero-order valence-electron chi connectivity index (χ0n) is 9.86. The first-order valence-corrected chi connectivity index (χ1v) is 5.79. The van der Waals surface area contributed by atoms with Crippen molar-refractivity contribution in [2.45, 2.75) is 26.4 Å². The highest BCUT2D eigenvalue weighted by Crippen LogP contribution is 2.08. The number of imidazole rings is 1. The summed E-state index contributed by atoms with van der Waals surface area (Å²) < 4.78 is 14.8. The molecule has 0 bridgehead atoms. The van der Waals surface area contributed by atoms with Crippen molar-refractivity contribution in [1.82, 2.24) is 9.55 Å². The molecule has 1 N–H and O–H groups in total. The van der Waals surface area contributed by atoms with Crippen molar-refractivity contribution >= 4 is 5.95 Å². The summed E-state index contributed by atoms with van der Waals surface area (Å²) in [5, 5.41) is 3.24. The van der Waals surface area contributed by atoms with Crippen molar-refractivity contribution in [2.24, 2.45) is 0 Å². The topological polar surface area (TPSA) is 29.9 Å². The van der Waals surface area contributed by atoms with E-state index in [1.54, 1.807) is 18.3 Å². The molecule has 1 aromatic heterocycles. The summed E-state index contributed by atoms with van der Waals surface area (Å²) in [7, 11) is 0. The number of hydrogen-bond acceptors (Lipinski definition) is 2. The Morgan fingerprint density at radius 3 is 2.76 bits per heavy atom. The molecule has 1 aromatic carbocycles. The van der Waals surface area contributed by atoms with Crippen LogP contribution in [-0.2, 0) is 13.1 Å². The summed E-state index contributed by atoms with van der Waals surface area (Å²) in [4.78, 5) is 4.25.